The van der Waals surface area contributed by atoms with Gasteiger partial charge in [0, 0.05) is 32.2 Å². The Bertz CT molecular complexity index is 1490. The molecule has 2 aliphatic heterocycles. The van der Waals surface area contributed by atoms with Crippen molar-refractivity contribution in [3.8, 4) is 22.3 Å². The standard InChI is InChI=1S/C28H31N9O3S/c1-2-26(38)36-10-6-9-22(19-36)40-25-16-20(18-35-11-13-39-14-12-35)15-24(30-25)31-28-29-17-23(41-28)27-32-34-37(33-27)21-7-4-3-5-8-21/h2-5,7-8,15-17,22H,1,6,9-14,18-19H2,(H,29,30,31)/t22-/m0/s1. The molecule has 1 atom stereocenters. The third kappa shape index (κ3) is 6.76. The van der Waals surface area contributed by atoms with Crippen LogP contribution >= 0.6 is 11.3 Å². The van der Waals surface area contributed by atoms with E-state index in [2.05, 4.69) is 37.2 Å². The number of anilines is 2. The van der Waals surface area contributed by atoms with Crippen LogP contribution in [-0.4, -0.2) is 91.4 Å². The molecule has 2 saturated heterocycles. The molecule has 0 aliphatic carbocycles. The van der Waals surface area contributed by atoms with Crippen LogP contribution in [-0.2, 0) is 16.1 Å². The first-order valence-electron chi connectivity index (χ1n) is 13.6. The number of amides is 1. The highest BCUT2D eigenvalue weighted by Gasteiger charge is 2.24. The number of hydrogen-bond donors (Lipinski definition) is 1. The zero-order chi connectivity index (χ0) is 28.0. The lowest BCUT2D eigenvalue weighted by molar-refractivity contribution is -0.128. The van der Waals surface area contributed by atoms with Crippen molar-refractivity contribution >= 4 is 28.2 Å². The molecule has 2 aliphatic rings. The molecule has 212 valence electrons. The monoisotopic (exact) mass is 573 g/mol. The molecule has 0 unspecified atom stereocenters. The molecular weight excluding hydrogens is 542 g/mol. The van der Waals surface area contributed by atoms with Crippen LogP contribution in [0.15, 0.2) is 61.3 Å². The van der Waals surface area contributed by atoms with Crippen molar-refractivity contribution < 1.29 is 14.3 Å². The first-order chi connectivity index (χ1) is 20.1. The molecular formula is C28H31N9O3S. The van der Waals surface area contributed by atoms with Crippen LogP contribution < -0.4 is 10.1 Å². The summed E-state index contributed by atoms with van der Waals surface area (Å²) in [7, 11) is 0. The minimum Gasteiger partial charge on any atom is -0.472 e. The highest BCUT2D eigenvalue weighted by Crippen LogP contribution is 2.30. The van der Waals surface area contributed by atoms with E-state index >= 15 is 0 Å². The zero-order valence-electron chi connectivity index (χ0n) is 22.6. The summed E-state index contributed by atoms with van der Waals surface area (Å²) in [5, 5.41) is 16.9. The maximum Gasteiger partial charge on any atom is 0.246 e. The van der Waals surface area contributed by atoms with E-state index in [0.29, 0.717) is 35.7 Å². The zero-order valence-corrected chi connectivity index (χ0v) is 23.4. The summed E-state index contributed by atoms with van der Waals surface area (Å²) in [4.78, 5) is 27.8. The third-order valence-electron chi connectivity index (χ3n) is 6.89. The molecule has 2 fully saturated rings. The number of ether oxygens (including phenoxy) is 2. The van der Waals surface area contributed by atoms with Gasteiger partial charge in [0.25, 0.3) is 0 Å². The molecule has 0 bridgehead atoms. The van der Waals surface area contributed by atoms with E-state index < -0.39 is 0 Å². The Labute approximate surface area is 241 Å². The summed E-state index contributed by atoms with van der Waals surface area (Å²) in [5.74, 6) is 1.56. The number of aromatic nitrogens is 6. The normalized spacial score (nSPS) is 17.8. The molecule has 1 amide bonds. The average Bonchev–Trinajstić information content (AvgIpc) is 3.68. The number of para-hydroxylation sites is 1. The van der Waals surface area contributed by atoms with Crippen LogP contribution in [0.2, 0.25) is 0 Å². The lowest BCUT2D eigenvalue weighted by Crippen LogP contribution is -2.43. The number of morpholine rings is 1. The van der Waals surface area contributed by atoms with Crippen molar-refractivity contribution in [2.45, 2.75) is 25.5 Å². The summed E-state index contributed by atoms with van der Waals surface area (Å²) in [5.41, 5.74) is 1.90. The Morgan fingerprint density at radius 2 is 2.05 bits per heavy atom. The van der Waals surface area contributed by atoms with Crippen LogP contribution in [0, 0.1) is 0 Å². The quantitative estimate of drug-likeness (QED) is 0.298. The van der Waals surface area contributed by atoms with Gasteiger partial charge in [-0.3, -0.25) is 9.69 Å². The van der Waals surface area contributed by atoms with Gasteiger partial charge in [-0.05, 0) is 47.9 Å². The molecule has 12 nitrogen and oxygen atoms in total. The van der Waals surface area contributed by atoms with Gasteiger partial charge in [-0.1, -0.05) is 36.1 Å². The van der Waals surface area contributed by atoms with E-state index in [1.165, 1.54) is 22.2 Å². The topological polar surface area (TPSA) is 123 Å². The van der Waals surface area contributed by atoms with Crippen molar-refractivity contribution in [2.24, 2.45) is 0 Å². The summed E-state index contributed by atoms with van der Waals surface area (Å²) >= 11 is 1.42. The number of carbonyl (C=O) groups excluding carboxylic acids is 1. The fourth-order valence-corrected chi connectivity index (χ4v) is 5.60. The predicted octanol–water partition coefficient (Wildman–Crippen LogP) is 3.31. The molecule has 0 spiro atoms. The van der Waals surface area contributed by atoms with E-state index in [9.17, 15) is 4.79 Å². The molecule has 1 N–H and O–H groups in total. The van der Waals surface area contributed by atoms with Crippen LogP contribution in [0.1, 0.15) is 18.4 Å². The van der Waals surface area contributed by atoms with Gasteiger partial charge in [0.05, 0.1) is 36.5 Å². The lowest BCUT2D eigenvalue weighted by Gasteiger charge is -2.32. The first kappa shape index (κ1) is 27.0. The van der Waals surface area contributed by atoms with Crippen molar-refractivity contribution in [1.29, 1.82) is 0 Å². The molecule has 0 radical (unpaired) electrons. The van der Waals surface area contributed by atoms with Crippen LogP contribution in [0.3, 0.4) is 0 Å². The Morgan fingerprint density at radius 1 is 1.20 bits per heavy atom. The second-order valence-corrected chi connectivity index (χ2v) is 10.9. The van der Waals surface area contributed by atoms with Gasteiger partial charge in [0.2, 0.25) is 17.6 Å². The van der Waals surface area contributed by atoms with Gasteiger partial charge >= 0.3 is 0 Å². The van der Waals surface area contributed by atoms with Gasteiger partial charge in [0.1, 0.15) is 11.9 Å². The van der Waals surface area contributed by atoms with Crippen molar-refractivity contribution in [2.75, 3.05) is 44.7 Å². The first-order valence-corrected chi connectivity index (χ1v) is 14.4. The number of thiazole rings is 1. The lowest BCUT2D eigenvalue weighted by atomic mass is 10.1. The minimum absolute atomic E-state index is 0.0763. The van der Waals surface area contributed by atoms with Crippen LogP contribution in [0.25, 0.3) is 16.4 Å². The summed E-state index contributed by atoms with van der Waals surface area (Å²) < 4.78 is 11.9. The molecule has 41 heavy (non-hydrogen) atoms. The van der Waals surface area contributed by atoms with E-state index in [0.717, 1.165) is 61.8 Å². The van der Waals surface area contributed by atoms with Gasteiger partial charge in [-0.25, -0.2) is 4.98 Å². The Kier molecular flexibility index (Phi) is 8.26. The Hall–Kier alpha value is -4.20. The number of likely N-dealkylation sites (tertiary alicyclic amines) is 1. The van der Waals surface area contributed by atoms with Crippen molar-refractivity contribution in [3.05, 3.63) is 66.9 Å². The number of piperidine rings is 1. The second-order valence-electron chi connectivity index (χ2n) is 9.85. The molecule has 0 saturated carbocycles. The van der Waals surface area contributed by atoms with E-state index in [-0.39, 0.29) is 12.0 Å². The predicted molar refractivity (Wildman–Crippen MR) is 154 cm³/mol. The number of rotatable bonds is 9. The molecule has 6 rings (SSSR count). The molecule has 4 aromatic rings. The fraction of sp³-hybridized carbons (Fsp3) is 0.357. The number of pyridine rings is 1. The van der Waals surface area contributed by atoms with Gasteiger partial charge in [0.15, 0.2) is 5.13 Å². The maximum absolute atomic E-state index is 12.2. The van der Waals surface area contributed by atoms with Gasteiger partial charge in [-0.2, -0.15) is 4.98 Å². The number of nitrogens with one attached hydrogen (secondary N) is 1. The smallest absolute Gasteiger partial charge is 0.246 e. The van der Waals surface area contributed by atoms with E-state index in [1.807, 2.05) is 42.5 Å². The highest BCUT2D eigenvalue weighted by molar-refractivity contribution is 7.18. The number of tetrazole rings is 1. The second kappa shape index (κ2) is 12.5. The Morgan fingerprint density at radius 3 is 2.88 bits per heavy atom. The summed E-state index contributed by atoms with van der Waals surface area (Å²) in [6.07, 6.45) is 4.66. The Balaban J connectivity index is 1.20. The number of carbonyl (C=O) groups is 1. The summed E-state index contributed by atoms with van der Waals surface area (Å²) in [6, 6.07) is 13.6. The van der Waals surface area contributed by atoms with Crippen molar-refractivity contribution in [3.63, 3.8) is 0 Å². The van der Waals surface area contributed by atoms with E-state index in [1.54, 1.807) is 11.1 Å². The minimum atomic E-state index is -0.142. The largest absolute Gasteiger partial charge is 0.472 e. The van der Waals surface area contributed by atoms with Gasteiger partial charge in [-0.15, -0.1) is 15.0 Å². The fourth-order valence-electron chi connectivity index (χ4n) is 4.86. The third-order valence-corrected chi connectivity index (χ3v) is 7.79. The van der Waals surface area contributed by atoms with Crippen molar-refractivity contribution in [1.82, 2.24) is 40.0 Å². The van der Waals surface area contributed by atoms with Gasteiger partial charge < -0.3 is 19.7 Å². The maximum atomic E-state index is 12.2. The van der Waals surface area contributed by atoms with E-state index in [4.69, 9.17) is 14.5 Å². The molecule has 13 heteroatoms. The molecule has 5 heterocycles. The van der Waals surface area contributed by atoms with Crippen LogP contribution in [0.4, 0.5) is 10.9 Å². The molecule has 3 aromatic heterocycles. The molecule has 1 aromatic carbocycles. The van der Waals surface area contributed by atoms with Crippen LogP contribution in [0.5, 0.6) is 5.88 Å². The number of benzene rings is 1. The highest BCUT2D eigenvalue weighted by atomic mass is 32.1. The summed E-state index contributed by atoms with van der Waals surface area (Å²) in [6.45, 7) is 8.77. The number of nitrogens with zero attached hydrogens (tertiary/aromatic N) is 8. The number of hydrogen-bond acceptors (Lipinski definition) is 11. The SMILES string of the molecule is C=CC(=O)N1CCC[C@H](Oc2cc(CN3CCOCC3)cc(Nc3ncc(-c4nnn(-c5ccccc5)n4)s3)n2)C1. The average molecular weight is 574 g/mol.